The molecule has 0 radical (unpaired) electrons. The highest BCUT2D eigenvalue weighted by molar-refractivity contribution is 6.32. The highest BCUT2D eigenvalue weighted by Gasteiger charge is 2.12. The molecule has 0 aliphatic rings. The Morgan fingerprint density at radius 1 is 1.21 bits per heavy atom. The molecule has 0 bridgehead atoms. The summed E-state index contributed by atoms with van der Waals surface area (Å²) in [5.74, 6) is -1.60. The molecule has 2 aromatic carbocycles. The predicted molar refractivity (Wildman–Crippen MR) is 70.4 cm³/mol. The third kappa shape index (κ3) is 2.69. The molecule has 0 aliphatic heterocycles. The number of methoxy groups -OCH3 is 1. The fourth-order valence-electron chi connectivity index (χ4n) is 1.71. The maximum atomic E-state index is 13.3. The second-order valence-corrected chi connectivity index (χ2v) is 4.26. The van der Waals surface area contributed by atoms with Crippen LogP contribution in [0.15, 0.2) is 36.4 Å². The first-order valence-corrected chi connectivity index (χ1v) is 5.77. The minimum Gasteiger partial charge on any atom is -0.495 e. The van der Waals surface area contributed by atoms with Gasteiger partial charge in [-0.1, -0.05) is 23.7 Å². The fraction of sp³-hybridized carbons (Fsp3) is 0.0714. The van der Waals surface area contributed by atoms with E-state index in [1.54, 1.807) is 18.2 Å². The Bertz CT molecular complexity index is 641. The molecule has 1 N–H and O–H groups in total. The summed E-state index contributed by atoms with van der Waals surface area (Å²) in [5, 5.41) is 9.35. The monoisotopic (exact) mass is 280 g/mol. The van der Waals surface area contributed by atoms with Crippen molar-refractivity contribution in [1.82, 2.24) is 0 Å². The molecular formula is C14H10ClFO3. The Morgan fingerprint density at radius 3 is 2.47 bits per heavy atom. The molecule has 19 heavy (non-hydrogen) atoms. The van der Waals surface area contributed by atoms with Crippen LogP contribution in [0, 0.1) is 5.82 Å². The van der Waals surface area contributed by atoms with E-state index in [2.05, 4.69) is 0 Å². The van der Waals surface area contributed by atoms with Crippen LogP contribution >= 0.6 is 11.6 Å². The standard InChI is InChI=1S/C14H10ClFO3/c1-19-13-7-9(2-4-11(13)15)8-3-5-12(16)10(6-8)14(17)18/h2-7H,1H3,(H,17,18). The van der Waals surface area contributed by atoms with Gasteiger partial charge in [0, 0.05) is 0 Å². The number of hydrogen-bond acceptors (Lipinski definition) is 2. The number of hydrogen-bond donors (Lipinski definition) is 1. The number of aromatic carboxylic acids is 1. The van der Waals surface area contributed by atoms with Crippen molar-refractivity contribution in [2.45, 2.75) is 0 Å². The van der Waals surface area contributed by atoms with E-state index < -0.39 is 11.8 Å². The zero-order valence-electron chi connectivity index (χ0n) is 9.98. The molecule has 98 valence electrons. The van der Waals surface area contributed by atoms with Gasteiger partial charge in [0.2, 0.25) is 0 Å². The number of carboxylic acid groups (broad SMARTS) is 1. The number of benzene rings is 2. The van der Waals surface area contributed by atoms with Crippen LogP contribution in [-0.4, -0.2) is 18.2 Å². The topological polar surface area (TPSA) is 46.5 Å². The third-order valence-corrected chi connectivity index (χ3v) is 2.99. The molecule has 0 saturated heterocycles. The summed E-state index contributed by atoms with van der Waals surface area (Å²) in [4.78, 5) is 10.9. The van der Waals surface area contributed by atoms with E-state index in [-0.39, 0.29) is 5.56 Å². The van der Waals surface area contributed by atoms with Gasteiger partial charge in [-0.25, -0.2) is 9.18 Å². The summed E-state index contributed by atoms with van der Waals surface area (Å²) < 4.78 is 18.4. The van der Waals surface area contributed by atoms with Gasteiger partial charge in [0.15, 0.2) is 0 Å². The molecule has 0 aliphatic carbocycles. The van der Waals surface area contributed by atoms with Gasteiger partial charge in [-0.05, 0) is 35.4 Å². The van der Waals surface area contributed by atoms with Crippen LogP contribution in [0.3, 0.4) is 0 Å². The molecule has 0 heterocycles. The lowest BCUT2D eigenvalue weighted by atomic mass is 10.0. The molecule has 0 unspecified atom stereocenters. The normalized spacial score (nSPS) is 10.3. The molecule has 0 spiro atoms. The SMILES string of the molecule is COc1cc(-c2ccc(F)c(C(=O)O)c2)ccc1Cl. The van der Waals surface area contributed by atoms with Crippen LogP contribution in [0.2, 0.25) is 5.02 Å². The second kappa shape index (κ2) is 5.28. The molecule has 0 atom stereocenters. The quantitative estimate of drug-likeness (QED) is 0.929. The van der Waals surface area contributed by atoms with Crippen molar-refractivity contribution in [3.05, 3.63) is 52.8 Å². The lowest BCUT2D eigenvalue weighted by Crippen LogP contribution is -2.00. The zero-order valence-corrected chi connectivity index (χ0v) is 10.7. The first-order chi connectivity index (χ1) is 9.02. The van der Waals surface area contributed by atoms with Crippen LogP contribution < -0.4 is 4.74 Å². The first kappa shape index (κ1) is 13.4. The second-order valence-electron chi connectivity index (χ2n) is 3.85. The van der Waals surface area contributed by atoms with Gasteiger partial charge in [0.25, 0.3) is 0 Å². The fourth-order valence-corrected chi connectivity index (χ4v) is 1.90. The summed E-state index contributed by atoms with van der Waals surface area (Å²) in [6, 6.07) is 8.93. The van der Waals surface area contributed by atoms with Gasteiger partial charge >= 0.3 is 5.97 Å². The van der Waals surface area contributed by atoms with Gasteiger partial charge in [-0.2, -0.15) is 0 Å². The van der Waals surface area contributed by atoms with E-state index in [1.807, 2.05) is 0 Å². The van der Waals surface area contributed by atoms with Crippen LogP contribution in [0.4, 0.5) is 4.39 Å². The van der Waals surface area contributed by atoms with Crippen molar-refractivity contribution in [1.29, 1.82) is 0 Å². The van der Waals surface area contributed by atoms with E-state index in [0.29, 0.717) is 21.9 Å². The number of rotatable bonds is 3. The molecule has 5 heteroatoms. The third-order valence-electron chi connectivity index (χ3n) is 2.68. The first-order valence-electron chi connectivity index (χ1n) is 5.39. The van der Waals surface area contributed by atoms with E-state index in [1.165, 1.54) is 19.2 Å². The molecule has 0 aromatic heterocycles. The van der Waals surface area contributed by atoms with E-state index in [9.17, 15) is 9.18 Å². The largest absolute Gasteiger partial charge is 0.495 e. The van der Waals surface area contributed by atoms with E-state index in [4.69, 9.17) is 21.4 Å². The average molecular weight is 281 g/mol. The van der Waals surface area contributed by atoms with Crippen molar-refractivity contribution in [3.8, 4) is 16.9 Å². The number of carbonyl (C=O) groups is 1. The van der Waals surface area contributed by atoms with Gasteiger partial charge in [-0.15, -0.1) is 0 Å². The number of halogens is 2. The van der Waals surface area contributed by atoms with Crippen LogP contribution in [0.1, 0.15) is 10.4 Å². The smallest absolute Gasteiger partial charge is 0.338 e. The molecule has 2 rings (SSSR count). The van der Waals surface area contributed by atoms with Crippen molar-refractivity contribution < 1.29 is 19.0 Å². The lowest BCUT2D eigenvalue weighted by Gasteiger charge is -2.08. The molecule has 0 saturated carbocycles. The van der Waals surface area contributed by atoms with Crippen LogP contribution in [0.25, 0.3) is 11.1 Å². The molecule has 0 fully saturated rings. The summed E-state index contributed by atoms with van der Waals surface area (Å²) in [6.07, 6.45) is 0. The Balaban J connectivity index is 2.53. The predicted octanol–water partition coefficient (Wildman–Crippen LogP) is 3.85. The van der Waals surface area contributed by atoms with E-state index in [0.717, 1.165) is 6.07 Å². The Labute approximate surface area is 114 Å². The van der Waals surface area contributed by atoms with Crippen molar-refractivity contribution in [2.24, 2.45) is 0 Å². The van der Waals surface area contributed by atoms with Gasteiger partial charge in [-0.3, -0.25) is 0 Å². The Morgan fingerprint density at radius 2 is 1.84 bits per heavy atom. The van der Waals surface area contributed by atoms with Crippen LogP contribution in [-0.2, 0) is 0 Å². The number of carboxylic acids is 1. The highest BCUT2D eigenvalue weighted by atomic mass is 35.5. The maximum Gasteiger partial charge on any atom is 0.338 e. The summed E-state index contributed by atoms with van der Waals surface area (Å²) in [6.45, 7) is 0. The molecule has 0 amide bonds. The summed E-state index contributed by atoms with van der Waals surface area (Å²) in [5.41, 5.74) is 0.906. The van der Waals surface area contributed by atoms with E-state index >= 15 is 0 Å². The Hall–Kier alpha value is -2.07. The maximum absolute atomic E-state index is 13.3. The summed E-state index contributed by atoms with van der Waals surface area (Å²) in [7, 11) is 1.48. The molecule has 3 nitrogen and oxygen atoms in total. The summed E-state index contributed by atoms with van der Waals surface area (Å²) >= 11 is 5.91. The zero-order chi connectivity index (χ0) is 14.0. The van der Waals surface area contributed by atoms with Crippen LogP contribution in [0.5, 0.6) is 5.75 Å². The van der Waals surface area contributed by atoms with Crippen molar-refractivity contribution >= 4 is 17.6 Å². The van der Waals surface area contributed by atoms with Gasteiger partial charge in [0.05, 0.1) is 17.7 Å². The van der Waals surface area contributed by atoms with Gasteiger partial charge < -0.3 is 9.84 Å². The average Bonchev–Trinajstić information content (AvgIpc) is 2.39. The minimum atomic E-state index is -1.31. The van der Waals surface area contributed by atoms with Gasteiger partial charge in [0.1, 0.15) is 11.6 Å². The van der Waals surface area contributed by atoms with Crippen molar-refractivity contribution in [2.75, 3.05) is 7.11 Å². The minimum absolute atomic E-state index is 0.369. The lowest BCUT2D eigenvalue weighted by molar-refractivity contribution is 0.0692. The van der Waals surface area contributed by atoms with Crippen molar-refractivity contribution in [3.63, 3.8) is 0 Å². The Kier molecular flexibility index (Phi) is 3.71. The number of ether oxygens (including phenoxy) is 1. The molecular weight excluding hydrogens is 271 g/mol. The molecule has 2 aromatic rings. The highest BCUT2D eigenvalue weighted by Crippen LogP contribution is 2.31.